The maximum absolute atomic E-state index is 5.65. The van der Waals surface area contributed by atoms with Crippen LogP contribution in [0.3, 0.4) is 0 Å². The van der Waals surface area contributed by atoms with E-state index in [2.05, 4.69) is 31.0 Å². The molecule has 0 amide bonds. The highest BCUT2D eigenvalue weighted by molar-refractivity contribution is 4.95. The summed E-state index contributed by atoms with van der Waals surface area (Å²) in [5.41, 5.74) is 0.283. The van der Waals surface area contributed by atoms with Crippen molar-refractivity contribution in [2.75, 3.05) is 26.2 Å². The quantitative estimate of drug-likeness (QED) is 0.676. The number of nitrogens with zero attached hydrogens (tertiary/aromatic N) is 1. The molecule has 2 aliphatic heterocycles. The summed E-state index contributed by atoms with van der Waals surface area (Å²) in [6, 6.07) is 0.632. The second-order valence-electron chi connectivity index (χ2n) is 5.11. The lowest BCUT2D eigenvalue weighted by molar-refractivity contribution is 0.00750. The van der Waals surface area contributed by atoms with Crippen LogP contribution < -0.4 is 5.32 Å². The van der Waals surface area contributed by atoms with Gasteiger partial charge in [-0.1, -0.05) is 0 Å². The second-order valence-corrected chi connectivity index (χ2v) is 5.11. The Hall–Kier alpha value is -0.120. The predicted molar refractivity (Wildman–Crippen MR) is 57.5 cm³/mol. The largest absolute Gasteiger partial charge is 0.377 e. The summed E-state index contributed by atoms with van der Waals surface area (Å²) in [5, 5.41) is 3.46. The lowest BCUT2D eigenvalue weighted by Gasteiger charge is -2.47. The summed E-state index contributed by atoms with van der Waals surface area (Å²) in [6.07, 6.45) is 1.61. The van der Waals surface area contributed by atoms with Gasteiger partial charge in [0.15, 0.2) is 0 Å². The Bertz CT molecular complexity index is 205. The third kappa shape index (κ3) is 1.81. The van der Waals surface area contributed by atoms with Crippen molar-refractivity contribution in [2.45, 2.75) is 44.9 Å². The fourth-order valence-electron chi connectivity index (χ4n) is 2.74. The van der Waals surface area contributed by atoms with E-state index in [4.69, 9.17) is 4.74 Å². The summed E-state index contributed by atoms with van der Waals surface area (Å²) in [6.45, 7) is 11.2. The molecule has 0 aliphatic carbocycles. The van der Waals surface area contributed by atoms with Crippen molar-refractivity contribution in [2.24, 2.45) is 0 Å². The van der Waals surface area contributed by atoms with Crippen LogP contribution in [0.15, 0.2) is 0 Å². The van der Waals surface area contributed by atoms with Crippen LogP contribution in [0.25, 0.3) is 0 Å². The zero-order chi connectivity index (χ0) is 10.2. The van der Waals surface area contributed by atoms with Gasteiger partial charge in [0, 0.05) is 37.8 Å². The van der Waals surface area contributed by atoms with Gasteiger partial charge in [0.1, 0.15) is 0 Å². The summed E-state index contributed by atoms with van der Waals surface area (Å²) >= 11 is 0. The third-order valence-electron chi connectivity index (χ3n) is 3.60. The molecule has 2 rings (SSSR count). The summed E-state index contributed by atoms with van der Waals surface area (Å²) in [4.78, 5) is 2.63. The van der Waals surface area contributed by atoms with Crippen LogP contribution in [-0.2, 0) is 4.74 Å². The van der Waals surface area contributed by atoms with Gasteiger partial charge in [-0.05, 0) is 27.2 Å². The molecule has 3 nitrogen and oxygen atoms in total. The van der Waals surface area contributed by atoms with Gasteiger partial charge in [-0.3, -0.25) is 4.90 Å². The fraction of sp³-hybridized carbons (Fsp3) is 1.00. The SMILES string of the molecule is CC1OCCC1N1CCNCC1(C)C. The highest BCUT2D eigenvalue weighted by atomic mass is 16.5. The molecule has 0 aromatic heterocycles. The van der Waals surface area contributed by atoms with Gasteiger partial charge in [0.2, 0.25) is 0 Å². The molecule has 0 bridgehead atoms. The smallest absolute Gasteiger partial charge is 0.0703 e. The van der Waals surface area contributed by atoms with E-state index in [9.17, 15) is 0 Å². The summed E-state index contributed by atoms with van der Waals surface area (Å²) in [7, 11) is 0. The molecule has 0 spiro atoms. The van der Waals surface area contributed by atoms with Crippen molar-refractivity contribution in [1.29, 1.82) is 0 Å². The lowest BCUT2D eigenvalue weighted by atomic mass is 9.95. The first-order valence-electron chi connectivity index (χ1n) is 5.70. The first-order valence-corrected chi connectivity index (χ1v) is 5.70. The Morgan fingerprint density at radius 3 is 2.79 bits per heavy atom. The van der Waals surface area contributed by atoms with Crippen molar-refractivity contribution >= 4 is 0 Å². The molecule has 0 aromatic rings. The van der Waals surface area contributed by atoms with E-state index in [0.717, 1.165) is 26.2 Å². The van der Waals surface area contributed by atoms with Crippen LogP contribution in [-0.4, -0.2) is 48.8 Å². The van der Waals surface area contributed by atoms with Crippen molar-refractivity contribution < 1.29 is 4.74 Å². The molecule has 2 atom stereocenters. The Balaban J connectivity index is 2.07. The molecular weight excluding hydrogens is 176 g/mol. The Morgan fingerprint density at radius 2 is 2.21 bits per heavy atom. The van der Waals surface area contributed by atoms with Crippen LogP contribution in [0.2, 0.25) is 0 Å². The first kappa shape index (κ1) is 10.4. The number of piperazine rings is 1. The van der Waals surface area contributed by atoms with Gasteiger partial charge in [0.25, 0.3) is 0 Å². The monoisotopic (exact) mass is 198 g/mol. The molecule has 14 heavy (non-hydrogen) atoms. The minimum absolute atomic E-state index is 0.283. The second kappa shape index (κ2) is 3.80. The van der Waals surface area contributed by atoms with Gasteiger partial charge in [-0.15, -0.1) is 0 Å². The molecule has 2 aliphatic rings. The predicted octanol–water partition coefficient (Wildman–Crippen LogP) is 0.848. The number of ether oxygens (including phenoxy) is 1. The molecule has 2 saturated heterocycles. The van der Waals surface area contributed by atoms with Crippen LogP contribution in [0.1, 0.15) is 27.2 Å². The van der Waals surface area contributed by atoms with Crippen LogP contribution in [0.5, 0.6) is 0 Å². The van der Waals surface area contributed by atoms with Crippen LogP contribution in [0, 0.1) is 0 Å². The zero-order valence-corrected chi connectivity index (χ0v) is 9.55. The average molecular weight is 198 g/mol. The normalized spacial score (nSPS) is 38.8. The van der Waals surface area contributed by atoms with Crippen molar-refractivity contribution in [3.63, 3.8) is 0 Å². The Morgan fingerprint density at radius 1 is 1.43 bits per heavy atom. The molecular formula is C11H22N2O. The van der Waals surface area contributed by atoms with Crippen molar-refractivity contribution in [1.82, 2.24) is 10.2 Å². The molecule has 82 valence electrons. The van der Waals surface area contributed by atoms with Gasteiger partial charge < -0.3 is 10.1 Å². The van der Waals surface area contributed by atoms with Crippen LogP contribution in [0.4, 0.5) is 0 Å². The van der Waals surface area contributed by atoms with Crippen molar-refractivity contribution in [3.05, 3.63) is 0 Å². The van der Waals surface area contributed by atoms with E-state index in [1.54, 1.807) is 0 Å². The van der Waals surface area contributed by atoms with Crippen LogP contribution >= 0.6 is 0 Å². The maximum atomic E-state index is 5.65. The minimum Gasteiger partial charge on any atom is -0.377 e. The van der Waals surface area contributed by atoms with E-state index in [-0.39, 0.29) is 5.54 Å². The Labute approximate surface area is 86.8 Å². The number of hydrogen-bond donors (Lipinski definition) is 1. The molecule has 2 heterocycles. The van der Waals surface area contributed by atoms with E-state index >= 15 is 0 Å². The first-order chi connectivity index (χ1) is 6.61. The molecule has 0 radical (unpaired) electrons. The number of rotatable bonds is 1. The van der Waals surface area contributed by atoms with E-state index in [1.165, 1.54) is 6.42 Å². The molecule has 2 fully saturated rings. The summed E-state index contributed by atoms with van der Waals surface area (Å²) < 4.78 is 5.65. The fourth-order valence-corrected chi connectivity index (χ4v) is 2.74. The molecule has 3 heteroatoms. The highest BCUT2D eigenvalue weighted by Gasteiger charge is 2.39. The third-order valence-corrected chi connectivity index (χ3v) is 3.60. The van der Waals surface area contributed by atoms with Gasteiger partial charge in [0.05, 0.1) is 6.10 Å². The zero-order valence-electron chi connectivity index (χ0n) is 9.55. The van der Waals surface area contributed by atoms with E-state index < -0.39 is 0 Å². The Kier molecular flexibility index (Phi) is 2.82. The average Bonchev–Trinajstić information content (AvgIpc) is 2.51. The standard InChI is InChI=1S/C11H22N2O/c1-9-10(4-7-14-9)13-6-5-12-8-11(13,2)3/h9-10,12H,4-8H2,1-3H3. The number of hydrogen-bond acceptors (Lipinski definition) is 3. The van der Waals surface area contributed by atoms with Crippen molar-refractivity contribution in [3.8, 4) is 0 Å². The van der Waals surface area contributed by atoms with Gasteiger partial charge in [-0.25, -0.2) is 0 Å². The van der Waals surface area contributed by atoms with E-state index in [0.29, 0.717) is 12.1 Å². The summed E-state index contributed by atoms with van der Waals surface area (Å²) in [5.74, 6) is 0. The van der Waals surface area contributed by atoms with Gasteiger partial charge in [-0.2, -0.15) is 0 Å². The maximum Gasteiger partial charge on any atom is 0.0703 e. The molecule has 0 saturated carbocycles. The highest BCUT2D eigenvalue weighted by Crippen LogP contribution is 2.27. The topological polar surface area (TPSA) is 24.5 Å². The van der Waals surface area contributed by atoms with E-state index in [1.807, 2.05) is 0 Å². The number of nitrogens with one attached hydrogen (secondary N) is 1. The van der Waals surface area contributed by atoms with Gasteiger partial charge >= 0.3 is 0 Å². The molecule has 2 unspecified atom stereocenters. The molecule has 0 aromatic carbocycles. The minimum atomic E-state index is 0.283. The lowest BCUT2D eigenvalue weighted by Crippen LogP contribution is -2.62. The molecule has 1 N–H and O–H groups in total.